The molecule has 3 heterocycles. The Morgan fingerprint density at radius 1 is 1.39 bits per heavy atom. The van der Waals surface area contributed by atoms with Crippen LogP contribution in [-0.2, 0) is 16.1 Å². The van der Waals surface area contributed by atoms with Crippen molar-refractivity contribution in [1.82, 2.24) is 9.80 Å². The molecule has 3 rings (SSSR count). The van der Waals surface area contributed by atoms with Crippen LogP contribution in [0.4, 0.5) is 0 Å². The van der Waals surface area contributed by atoms with Gasteiger partial charge in [-0.05, 0) is 67.2 Å². The van der Waals surface area contributed by atoms with Gasteiger partial charge >= 0.3 is 0 Å². The lowest BCUT2D eigenvalue weighted by Crippen LogP contribution is -2.43. The van der Waals surface area contributed by atoms with Gasteiger partial charge in [-0.25, -0.2) is 0 Å². The molecule has 126 valence electrons. The molecule has 1 fully saturated rings. The van der Waals surface area contributed by atoms with Gasteiger partial charge in [-0.2, -0.15) is 11.3 Å². The van der Waals surface area contributed by atoms with E-state index in [0.29, 0.717) is 12.0 Å². The molecule has 0 spiro atoms. The summed E-state index contributed by atoms with van der Waals surface area (Å²) in [7, 11) is 1.93. The first kappa shape index (κ1) is 16.5. The molecule has 5 heteroatoms. The van der Waals surface area contributed by atoms with Crippen LogP contribution >= 0.6 is 11.3 Å². The third-order valence-corrected chi connectivity index (χ3v) is 5.53. The molecular weight excluding hydrogens is 308 g/mol. The minimum Gasteiger partial charge on any atom is -0.497 e. The van der Waals surface area contributed by atoms with Gasteiger partial charge in [-0.3, -0.25) is 9.69 Å². The summed E-state index contributed by atoms with van der Waals surface area (Å²) >= 11 is 1.68. The molecule has 0 aromatic carbocycles. The fraction of sp³-hybridized carbons (Fsp3) is 0.611. The third kappa shape index (κ3) is 4.58. The summed E-state index contributed by atoms with van der Waals surface area (Å²) in [6.45, 7) is 3.74. The summed E-state index contributed by atoms with van der Waals surface area (Å²) in [6, 6.07) is 2.09. The van der Waals surface area contributed by atoms with Gasteiger partial charge in [0, 0.05) is 26.1 Å². The van der Waals surface area contributed by atoms with Crippen LogP contribution in [0.5, 0.6) is 0 Å². The fourth-order valence-electron chi connectivity index (χ4n) is 3.42. The largest absolute Gasteiger partial charge is 0.497 e. The minimum atomic E-state index is 0.182. The van der Waals surface area contributed by atoms with E-state index in [4.69, 9.17) is 4.74 Å². The maximum Gasteiger partial charge on any atom is 0.225 e. The molecule has 1 amide bonds. The van der Waals surface area contributed by atoms with E-state index in [2.05, 4.69) is 27.8 Å². The number of hydrogen-bond donors (Lipinski definition) is 0. The number of likely N-dealkylation sites (tertiary alicyclic amines) is 1. The van der Waals surface area contributed by atoms with Crippen molar-refractivity contribution in [2.24, 2.45) is 5.92 Å². The molecule has 2 aliphatic heterocycles. The number of nitrogens with zero attached hydrogens (tertiary/aromatic N) is 2. The molecule has 1 saturated heterocycles. The number of carbonyl (C=O) groups excluding carboxylic acids is 1. The summed E-state index contributed by atoms with van der Waals surface area (Å²) in [6.07, 6.45) is 8.42. The van der Waals surface area contributed by atoms with Crippen LogP contribution < -0.4 is 0 Å². The molecule has 0 aliphatic carbocycles. The van der Waals surface area contributed by atoms with Crippen molar-refractivity contribution in [1.29, 1.82) is 0 Å². The van der Waals surface area contributed by atoms with Gasteiger partial charge in [-0.15, -0.1) is 0 Å². The first-order valence-electron chi connectivity index (χ1n) is 8.51. The Morgan fingerprint density at radius 2 is 2.22 bits per heavy atom. The van der Waals surface area contributed by atoms with Crippen LogP contribution in [-0.4, -0.2) is 48.5 Å². The van der Waals surface area contributed by atoms with Gasteiger partial charge in [0.05, 0.1) is 6.26 Å². The molecule has 0 radical (unpaired) electrons. The Morgan fingerprint density at radius 3 is 2.87 bits per heavy atom. The lowest BCUT2D eigenvalue weighted by molar-refractivity contribution is -0.136. The molecule has 0 N–H and O–H groups in total. The Bertz CT molecular complexity index is 521. The van der Waals surface area contributed by atoms with Crippen LogP contribution in [0.2, 0.25) is 0 Å². The Balaban J connectivity index is 1.42. The van der Waals surface area contributed by atoms with E-state index in [1.54, 1.807) is 11.3 Å². The predicted molar refractivity (Wildman–Crippen MR) is 93.2 cm³/mol. The highest BCUT2D eigenvalue weighted by atomic mass is 32.1. The zero-order valence-electron chi connectivity index (χ0n) is 13.8. The first-order valence-corrected chi connectivity index (χ1v) is 9.45. The molecule has 0 unspecified atom stereocenters. The molecule has 23 heavy (non-hydrogen) atoms. The summed E-state index contributed by atoms with van der Waals surface area (Å²) in [5.41, 5.74) is 1.23. The van der Waals surface area contributed by atoms with Gasteiger partial charge in [0.2, 0.25) is 5.91 Å². The number of thiophene rings is 1. The van der Waals surface area contributed by atoms with Crippen LogP contribution in [0.1, 0.15) is 31.2 Å². The Labute approximate surface area is 142 Å². The molecular formula is C18H26N2O2S. The molecule has 0 saturated carbocycles. The number of rotatable bonds is 5. The number of amides is 1. The Hall–Kier alpha value is -1.33. The summed E-state index contributed by atoms with van der Waals surface area (Å²) in [5, 5.41) is 4.18. The second-order valence-corrected chi connectivity index (χ2v) is 7.39. The van der Waals surface area contributed by atoms with Crippen molar-refractivity contribution in [3.05, 3.63) is 34.7 Å². The lowest BCUT2D eigenvalue weighted by Gasteiger charge is -2.35. The molecule has 1 atom stereocenters. The third-order valence-electron chi connectivity index (χ3n) is 4.80. The SMILES string of the molecule is CN(Cc1ccsc1)C(=O)C1CCN(C[C@H]2CCC=CO2)CC1. The predicted octanol–water partition coefficient (Wildman–Crippen LogP) is 3.11. The number of piperidine rings is 1. The van der Waals surface area contributed by atoms with E-state index >= 15 is 0 Å². The van der Waals surface area contributed by atoms with Crippen molar-refractivity contribution in [3.8, 4) is 0 Å². The van der Waals surface area contributed by atoms with Crippen molar-refractivity contribution < 1.29 is 9.53 Å². The number of carbonyl (C=O) groups is 1. The van der Waals surface area contributed by atoms with Crippen molar-refractivity contribution in [3.63, 3.8) is 0 Å². The van der Waals surface area contributed by atoms with Gasteiger partial charge in [-0.1, -0.05) is 0 Å². The maximum absolute atomic E-state index is 12.6. The topological polar surface area (TPSA) is 32.8 Å². The highest BCUT2D eigenvalue weighted by Gasteiger charge is 2.28. The monoisotopic (exact) mass is 334 g/mol. The summed E-state index contributed by atoms with van der Waals surface area (Å²) in [4.78, 5) is 16.9. The van der Waals surface area contributed by atoms with E-state index in [-0.39, 0.29) is 5.92 Å². The zero-order chi connectivity index (χ0) is 16.1. The van der Waals surface area contributed by atoms with E-state index in [1.807, 2.05) is 18.2 Å². The minimum absolute atomic E-state index is 0.182. The van der Waals surface area contributed by atoms with Gasteiger partial charge in [0.25, 0.3) is 0 Å². The van der Waals surface area contributed by atoms with Crippen molar-refractivity contribution >= 4 is 17.2 Å². The van der Waals surface area contributed by atoms with Crippen molar-refractivity contribution in [2.75, 3.05) is 26.7 Å². The van der Waals surface area contributed by atoms with E-state index < -0.39 is 0 Å². The van der Waals surface area contributed by atoms with Crippen LogP contribution in [0.25, 0.3) is 0 Å². The van der Waals surface area contributed by atoms with E-state index in [1.165, 1.54) is 5.56 Å². The van der Waals surface area contributed by atoms with Gasteiger partial charge < -0.3 is 9.64 Å². The highest BCUT2D eigenvalue weighted by Crippen LogP contribution is 2.22. The van der Waals surface area contributed by atoms with E-state index in [9.17, 15) is 4.79 Å². The van der Waals surface area contributed by atoms with Crippen molar-refractivity contribution in [2.45, 2.75) is 38.3 Å². The van der Waals surface area contributed by atoms with Crippen LogP contribution in [0.15, 0.2) is 29.2 Å². The van der Waals surface area contributed by atoms with Crippen LogP contribution in [0.3, 0.4) is 0 Å². The molecule has 1 aromatic heterocycles. The number of hydrogen-bond acceptors (Lipinski definition) is 4. The summed E-state index contributed by atoms with van der Waals surface area (Å²) < 4.78 is 5.66. The number of allylic oxidation sites excluding steroid dienone is 1. The van der Waals surface area contributed by atoms with Gasteiger partial charge in [0.1, 0.15) is 6.10 Å². The Kier molecular flexibility index (Phi) is 5.73. The van der Waals surface area contributed by atoms with Crippen LogP contribution in [0, 0.1) is 5.92 Å². The van der Waals surface area contributed by atoms with Gasteiger partial charge in [0.15, 0.2) is 0 Å². The number of ether oxygens (including phenoxy) is 1. The molecule has 4 nitrogen and oxygen atoms in total. The summed E-state index contributed by atoms with van der Waals surface area (Å²) in [5.74, 6) is 0.481. The molecule has 0 bridgehead atoms. The lowest BCUT2D eigenvalue weighted by atomic mass is 9.95. The maximum atomic E-state index is 12.6. The molecule has 2 aliphatic rings. The second-order valence-electron chi connectivity index (χ2n) is 6.61. The normalized spacial score (nSPS) is 22.7. The van der Waals surface area contributed by atoms with E-state index in [0.717, 1.165) is 51.9 Å². The fourth-order valence-corrected chi connectivity index (χ4v) is 4.08. The standard InChI is InChI=1S/C18H26N2O2S/c1-19(12-15-7-11-23-14-15)18(21)16-5-8-20(9-6-16)13-17-4-2-3-10-22-17/h3,7,10-11,14,16-17H,2,4-6,8-9,12-13H2,1H3/t17-/m1/s1. The zero-order valence-corrected chi connectivity index (χ0v) is 14.6. The molecule has 1 aromatic rings. The average molecular weight is 334 g/mol. The average Bonchev–Trinajstić information content (AvgIpc) is 3.09. The second kappa shape index (κ2) is 7.97. The smallest absolute Gasteiger partial charge is 0.225 e. The highest BCUT2D eigenvalue weighted by molar-refractivity contribution is 7.07. The quantitative estimate of drug-likeness (QED) is 0.829. The first-order chi connectivity index (χ1) is 11.2.